The van der Waals surface area contributed by atoms with Gasteiger partial charge in [0.25, 0.3) is 0 Å². The quantitative estimate of drug-likeness (QED) is 0.375. The first kappa shape index (κ1) is 19.4. The normalized spacial score (nSPS) is 11.9. The molecule has 3 aromatic carbocycles. The molecule has 0 bridgehead atoms. The fraction of sp³-hybridized carbons (Fsp3) is 0.0870. The van der Waals surface area contributed by atoms with E-state index < -0.39 is 22.3 Å². The number of hydrogen-bond acceptors (Lipinski definition) is 5. The molecule has 0 aliphatic rings. The van der Waals surface area contributed by atoms with Crippen LogP contribution < -0.4 is 10.9 Å². The van der Waals surface area contributed by atoms with Crippen molar-refractivity contribution in [3.8, 4) is 5.69 Å². The zero-order valence-electron chi connectivity index (χ0n) is 15.9. The molecule has 150 valence electrons. The fourth-order valence-corrected chi connectivity index (χ4v) is 3.50. The number of aliphatic hydroxyl groups excluding tert-OH is 1. The molecule has 0 saturated heterocycles. The minimum absolute atomic E-state index is 0.0175. The van der Waals surface area contributed by atoms with E-state index in [0.717, 1.165) is 0 Å². The number of aliphatic hydroxyl groups is 1. The lowest BCUT2D eigenvalue weighted by Gasteiger charge is -2.17. The molecule has 1 atom stereocenters. The maximum absolute atomic E-state index is 13.2. The van der Waals surface area contributed by atoms with Crippen LogP contribution in [0.4, 0.5) is 11.4 Å². The van der Waals surface area contributed by atoms with Gasteiger partial charge in [0.1, 0.15) is 5.69 Å². The van der Waals surface area contributed by atoms with Gasteiger partial charge >= 0.3 is 11.2 Å². The number of para-hydroxylation sites is 2. The first-order valence-electron chi connectivity index (χ1n) is 9.42. The number of aromatic nitrogens is 1. The van der Waals surface area contributed by atoms with Crippen LogP contribution in [0, 0.1) is 10.1 Å². The Morgan fingerprint density at radius 3 is 2.20 bits per heavy atom. The van der Waals surface area contributed by atoms with Crippen molar-refractivity contribution in [2.45, 2.75) is 6.10 Å². The van der Waals surface area contributed by atoms with Crippen molar-refractivity contribution in [1.82, 2.24) is 4.57 Å². The van der Waals surface area contributed by atoms with Crippen molar-refractivity contribution in [3.05, 3.63) is 111 Å². The van der Waals surface area contributed by atoms with Gasteiger partial charge in [-0.2, -0.15) is 0 Å². The monoisotopic (exact) mass is 401 g/mol. The molecule has 0 spiro atoms. The first-order chi connectivity index (χ1) is 14.6. The lowest BCUT2D eigenvalue weighted by atomic mass is 10.1. The van der Waals surface area contributed by atoms with Gasteiger partial charge in [0.2, 0.25) is 0 Å². The smallest absolute Gasteiger partial charge is 0.357 e. The summed E-state index contributed by atoms with van der Waals surface area (Å²) in [5.41, 5.74) is 0.561. The van der Waals surface area contributed by atoms with Crippen molar-refractivity contribution in [2.24, 2.45) is 0 Å². The lowest BCUT2D eigenvalue weighted by molar-refractivity contribution is -0.385. The van der Waals surface area contributed by atoms with Gasteiger partial charge in [-0.3, -0.25) is 19.5 Å². The molecule has 1 aromatic heterocycles. The number of rotatable bonds is 6. The summed E-state index contributed by atoms with van der Waals surface area (Å²) in [6.45, 7) is 0.0175. The molecule has 0 radical (unpaired) electrons. The number of nitrogens with one attached hydrogen (secondary N) is 1. The second-order valence-corrected chi connectivity index (χ2v) is 6.78. The molecule has 7 heteroatoms. The van der Waals surface area contributed by atoms with Crippen LogP contribution >= 0.6 is 0 Å². The summed E-state index contributed by atoms with van der Waals surface area (Å²) in [5.74, 6) is 0. The molecule has 0 fully saturated rings. The summed E-state index contributed by atoms with van der Waals surface area (Å²) in [6.07, 6.45) is -0.888. The summed E-state index contributed by atoms with van der Waals surface area (Å²) in [7, 11) is 0. The minimum Gasteiger partial charge on any atom is -0.387 e. The van der Waals surface area contributed by atoms with Gasteiger partial charge in [-0.05, 0) is 23.8 Å². The Labute approximate surface area is 172 Å². The third-order valence-electron chi connectivity index (χ3n) is 4.91. The van der Waals surface area contributed by atoms with E-state index in [1.165, 1.54) is 4.57 Å². The number of fused-ring (bicyclic) bond motifs is 1. The average Bonchev–Trinajstić information content (AvgIpc) is 2.78. The van der Waals surface area contributed by atoms with Crippen molar-refractivity contribution >= 4 is 22.3 Å². The van der Waals surface area contributed by atoms with E-state index in [2.05, 4.69) is 5.32 Å². The van der Waals surface area contributed by atoms with Gasteiger partial charge in [0, 0.05) is 17.6 Å². The molecule has 4 rings (SSSR count). The maximum atomic E-state index is 13.2. The molecule has 7 nitrogen and oxygen atoms in total. The Morgan fingerprint density at radius 2 is 1.53 bits per heavy atom. The van der Waals surface area contributed by atoms with E-state index in [9.17, 15) is 20.0 Å². The van der Waals surface area contributed by atoms with Gasteiger partial charge in [-0.25, -0.2) is 0 Å². The molecule has 0 saturated carbocycles. The molecule has 0 aliphatic heterocycles. The van der Waals surface area contributed by atoms with E-state index in [0.29, 0.717) is 22.2 Å². The van der Waals surface area contributed by atoms with Crippen LogP contribution in [0.2, 0.25) is 0 Å². The highest BCUT2D eigenvalue weighted by Crippen LogP contribution is 2.32. The summed E-state index contributed by atoms with van der Waals surface area (Å²) >= 11 is 0. The Hall–Kier alpha value is -3.97. The Balaban J connectivity index is 1.87. The molecule has 0 unspecified atom stereocenters. The second kappa shape index (κ2) is 8.18. The lowest BCUT2D eigenvalue weighted by Crippen LogP contribution is -2.24. The summed E-state index contributed by atoms with van der Waals surface area (Å²) in [5, 5.41) is 25.8. The average molecular weight is 401 g/mol. The molecule has 30 heavy (non-hydrogen) atoms. The summed E-state index contributed by atoms with van der Waals surface area (Å²) in [6, 6.07) is 24.8. The van der Waals surface area contributed by atoms with Crippen molar-refractivity contribution in [3.63, 3.8) is 0 Å². The van der Waals surface area contributed by atoms with Crippen LogP contribution in [0.1, 0.15) is 11.7 Å². The molecular formula is C23H19N3O4. The molecular weight excluding hydrogens is 382 g/mol. The number of nitrogens with zero attached hydrogens (tertiary/aromatic N) is 2. The number of hydrogen-bond donors (Lipinski definition) is 2. The molecule has 4 aromatic rings. The highest BCUT2D eigenvalue weighted by Gasteiger charge is 2.26. The van der Waals surface area contributed by atoms with Gasteiger partial charge in [0.05, 0.1) is 16.5 Å². The van der Waals surface area contributed by atoms with Gasteiger partial charge in [-0.1, -0.05) is 66.7 Å². The third-order valence-corrected chi connectivity index (χ3v) is 4.91. The summed E-state index contributed by atoms with van der Waals surface area (Å²) < 4.78 is 1.34. The topological polar surface area (TPSA) is 97.4 Å². The second-order valence-electron chi connectivity index (χ2n) is 6.78. The van der Waals surface area contributed by atoms with E-state index in [1.54, 1.807) is 72.8 Å². The summed E-state index contributed by atoms with van der Waals surface area (Å²) in [4.78, 5) is 24.4. The largest absolute Gasteiger partial charge is 0.387 e. The number of benzene rings is 3. The predicted molar refractivity (Wildman–Crippen MR) is 116 cm³/mol. The maximum Gasteiger partial charge on any atom is 0.357 e. The highest BCUT2D eigenvalue weighted by atomic mass is 16.6. The number of pyridine rings is 1. The minimum atomic E-state index is -0.888. The zero-order chi connectivity index (χ0) is 21.1. The molecule has 0 amide bonds. The Morgan fingerprint density at radius 1 is 0.933 bits per heavy atom. The first-order valence-corrected chi connectivity index (χ1v) is 9.42. The zero-order valence-corrected chi connectivity index (χ0v) is 15.9. The molecule has 0 aliphatic carbocycles. The molecule has 2 N–H and O–H groups in total. The standard InChI is InChI=1S/C23H19N3O4/c27-20(16-9-3-1-4-10-16)15-24-21-18-13-7-8-14-19(18)25(17-11-5-2-6-12-17)23(28)22(21)26(29)30/h1-14,20,24,27H,15H2/t20-/m0/s1. The van der Waals surface area contributed by atoms with E-state index in [1.807, 2.05) is 12.1 Å². The van der Waals surface area contributed by atoms with Gasteiger partial charge in [0.15, 0.2) is 0 Å². The van der Waals surface area contributed by atoms with Crippen LogP contribution in [0.15, 0.2) is 89.7 Å². The SMILES string of the molecule is O=c1c([N+](=O)[O-])c(NC[C@H](O)c2ccccc2)c2ccccc2n1-c1ccccc1. The fourth-order valence-electron chi connectivity index (χ4n) is 3.50. The number of anilines is 1. The van der Waals surface area contributed by atoms with Gasteiger partial charge < -0.3 is 10.4 Å². The van der Waals surface area contributed by atoms with Crippen molar-refractivity contribution in [1.29, 1.82) is 0 Å². The molecule has 1 heterocycles. The van der Waals surface area contributed by atoms with Crippen molar-refractivity contribution in [2.75, 3.05) is 11.9 Å². The van der Waals surface area contributed by atoms with E-state index in [4.69, 9.17) is 0 Å². The Bertz CT molecular complexity index is 1250. The van der Waals surface area contributed by atoms with E-state index >= 15 is 0 Å². The predicted octanol–water partition coefficient (Wildman–Crippen LogP) is 4.04. The van der Waals surface area contributed by atoms with Crippen LogP contribution in [0.25, 0.3) is 16.6 Å². The highest BCUT2D eigenvalue weighted by molar-refractivity contribution is 5.97. The Kier molecular flexibility index (Phi) is 5.28. The van der Waals surface area contributed by atoms with Gasteiger partial charge in [-0.15, -0.1) is 0 Å². The van der Waals surface area contributed by atoms with Crippen LogP contribution in [0.3, 0.4) is 0 Å². The van der Waals surface area contributed by atoms with Crippen LogP contribution in [0.5, 0.6) is 0 Å². The number of nitro groups is 1. The van der Waals surface area contributed by atoms with Crippen LogP contribution in [-0.2, 0) is 0 Å². The van der Waals surface area contributed by atoms with Crippen molar-refractivity contribution < 1.29 is 10.0 Å². The third kappa shape index (κ3) is 3.54. The van der Waals surface area contributed by atoms with E-state index in [-0.39, 0.29) is 12.2 Å². The van der Waals surface area contributed by atoms with Crippen LogP contribution in [-0.4, -0.2) is 21.1 Å².